The van der Waals surface area contributed by atoms with Gasteiger partial charge in [-0.1, -0.05) is 23.7 Å². The molecule has 0 aromatic heterocycles. The summed E-state index contributed by atoms with van der Waals surface area (Å²) in [5.74, 6) is -0.0635. The molecule has 0 saturated heterocycles. The van der Waals surface area contributed by atoms with Crippen molar-refractivity contribution in [2.45, 2.75) is 0 Å². The van der Waals surface area contributed by atoms with Crippen LogP contribution in [0.4, 0.5) is 5.69 Å². The number of amides is 1. The summed E-state index contributed by atoms with van der Waals surface area (Å²) in [6, 6.07) is 15.2. The number of carbonyl (C=O) groups excluding carboxylic acids is 1. The smallest absolute Gasteiger partial charge is 0.266 e. The molecule has 0 fully saturated rings. The summed E-state index contributed by atoms with van der Waals surface area (Å²) < 4.78 is 5.04. The van der Waals surface area contributed by atoms with E-state index < -0.39 is 5.91 Å². The van der Waals surface area contributed by atoms with E-state index in [1.165, 1.54) is 19.3 Å². The summed E-state index contributed by atoms with van der Waals surface area (Å²) in [6.07, 6.45) is 1.45. The van der Waals surface area contributed by atoms with E-state index in [0.29, 0.717) is 27.6 Å². The molecule has 2 aromatic rings. The molecule has 0 saturated carbocycles. The fraction of sp³-hybridized carbons (Fsp3) is 0.0556. The quantitative estimate of drug-likeness (QED) is 0.679. The molecule has 0 spiro atoms. The number of anilines is 1. The highest BCUT2D eigenvalue weighted by Gasteiger charge is 2.11. The van der Waals surface area contributed by atoms with Crippen molar-refractivity contribution in [3.05, 3.63) is 64.2 Å². The Kier molecular flexibility index (Phi) is 5.57. The molecule has 1 amide bonds. The lowest BCUT2D eigenvalue weighted by Crippen LogP contribution is -2.13. The maximum Gasteiger partial charge on any atom is 0.266 e. The van der Waals surface area contributed by atoms with Crippen LogP contribution in [0.5, 0.6) is 5.75 Å². The zero-order chi connectivity index (χ0) is 17.5. The summed E-state index contributed by atoms with van der Waals surface area (Å²) >= 11 is 6.00. The van der Waals surface area contributed by atoms with Gasteiger partial charge in [0, 0.05) is 5.69 Å². The van der Waals surface area contributed by atoms with E-state index in [1.54, 1.807) is 36.4 Å². The fourth-order valence-corrected chi connectivity index (χ4v) is 2.17. The van der Waals surface area contributed by atoms with E-state index in [0.717, 1.165) is 0 Å². The Morgan fingerprint density at radius 3 is 2.46 bits per heavy atom. The molecule has 0 aliphatic carbocycles. The van der Waals surface area contributed by atoms with Crippen molar-refractivity contribution in [2.24, 2.45) is 0 Å². The minimum Gasteiger partial charge on any atom is -0.495 e. The van der Waals surface area contributed by atoms with Gasteiger partial charge in [0.2, 0.25) is 0 Å². The van der Waals surface area contributed by atoms with Gasteiger partial charge in [-0.05, 0) is 42.0 Å². The molecule has 0 radical (unpaired) electrons. The second-order valence-electron chi connectivity index (χ2n) is 4.71. The van der Waals surface area contributed by atoms with Crippen molar-refractivity contribution in [1.29, 1.82) is 10.5 Å². The Hall–Kier alpha value is -3.28. The van der Waals surface area contributed by atoms with Crippen molar-refractivity contribution < 1.29 is 9.53 Å². The fourth-order valence-electron chi connectivity index (χ4n) is 1.91. The molecule has 2 aromatic carbocycles. The van der Waals surface area contributed by atoms with Crippen LogP contribution in [0.15, 0.2) is 48.0 Å². The van der Waals surface area contributed by atoms with Crippen LogP contribution in [0.1, 0.15) is 11.1 Å². The highest BCUT2D eigenvalue weighted by molar-refractivity contribution is 6.32. The summed E-state index contributed by atoms with van der Waals surface area (Å²) in [5.41, 5.74) is 1.54. The van der Waals surface area contributed by atoms with Gasteiger partial charge in [-0.3, -0.25) is 4.79 Å². The van der Waals surface area contributed by atoms with E-state index in [4.69, 9.17) is 21.6 Å². The molecule has 6 heteroatoms. The van der Waals surface area contributed by atoms with E-state index in [-0.39, 0.29) is 5.57 Å². The molecule has 0 aliphatic heterocycles. The summed E-state index contributed by atoms with van der Waals surface area (Å²) in [5, 5.41) is 20.9. The lowest BCUT2D eigenvalue weighted by atomic mass is 10.1. The SMILES string of the molecule is COc1ccc(NC(=O)/C(C#N)=C/c2ccc(C#N)cc2)cc1Cl. The highest BCUT2D eigenvalue weighted by Crippen LogP contribution is 2.27. The number of benzene rings is 2. The van der Waals surface area contributed by atoms with Crippen LogP contribution >= 0.6 is 11.6 Å². The molecule has 2 rings (SSSR count). The number of hydrogen-bond donors (Lipinski definition) is 1. The number of nitriles is 2. The molecular formula is C18H12ClN3O2. The Balaban J connectivity index is 2.19. The predicted octanol–water partition coefficient (Wildman–Crippen LogP) is 3.77. The molecule has 0 aliphatic rings. The number of hydrogen-bond acceptors (Lipinski definition) is 4. The van der Waals surface area contributed by atoms with Gasteiger partial charge in [0.1, 0.15) is 17.4 Å². The highest BCUT2D eigenvalue weighted by atomic mass is 35.5. The first kappa shape index (κ1) is 17.1. The van der Waals surface area contributed by atoms with Crippen LogP contribution in [0.3, 0.4) is 0 Å². The van der Waals surface area contributed by atoms with Gasteiger partial charge in [0.05, 0.1) is 23.8 Å². The Morgan fingerprint density at radius 1 is 1.21 bits per heavy atom. The Bertz CT molecular complexity index is 875. The number of nitrogens with one attached hydrogen (secondary N) is 1. The summed E-state index contributed by atoms with van der Waals surface area (Å²) in [4.78, 5) is 12.2. The molecule has 0 bridgehead atoms. The zero-order valence-corrected chi connectivity index (χ0v) is 13.5. The van der Waals surface area contributed by atoms with E-state index in [1.807, 2.05) is 12.1 Å². The third-order valence-corrected chi connectivity index (χ3v) is 3.42. The standard InChI is InChI=1S/C18H12ClN3O2/c1-24-17-7-6-15(9-16(17)19)22-18(23)14(11-21)8-12-2-4-13(10-20)5-3-12/h2-9H,1H3,(H,22,23)/b14-8+. The van der Waals surface area contributed by atoms with Gasteiger partial charge in [0.25, 0.3) is 5.91 Å². The minimum atomic E-state index is -0.553. The van der Waals surface area contributed by atoms with Gasteiger partial charge >= 0.3 is 0 Å². The molecule has 0 heterocycles. The van der Waals surface area contributed by atoms with Crippen LogP contribution in [0.25, 0.3) is 6.08 Å². The zero-order valence-electron chi connectivity index (χ0n) is 12.7. The van der Waals surface area contributed by atoms with Crippen LogP contribution in [-0.2, 0) is 4.79 Å². The largest absolute Gasteiger partial charge is 0.495 e. The number of methoxy groups -OCH3 is 1. The molecule has 24 heavy (non-hydrogen) atoms. The van der Waals surface area contributed by atoms with Crippen molar-refractivity contribution in [2.75, 3.05) is 12.4 Å². The molecule has 0 unspecified atom stereocenters. The van der Waals surface area contributed by atoms with E-state index in [9.17, 15) is 10.1 Å². The molecular weight excluding hydrogens is 326 g/mol. The first-order valence-corrected chi connectivity index (χ1v) is 7.22. The maximum absolute atomic E-state index is 12.2. The van der Waals surface area contributed by atoms with Gasteiger partial charge in [0.15, 0.2) is 0 Å². The van der Waals surface area contributed by atoms with E-state index in [2.05, 4.69) is 5.32 Å². The first-order chi connectivity index (χ1) is 11.6. The van der Waals surface area contributed by atoms with Gasteiger partial charge < -0.3 is 10.1 Å². The van der Waals surface area contributed by atoms with Gasteiger partial charge in [-0.15, -0.1) is 0 Å². The summed E-state index contributed by atoms with van der Waals surface area (Å²) in [6.45, 7) is 0. The van der Waals surface area contributed by atoms with Crippen molar-refractivity contribution >= 4 is 29.3 Å². The minimum absolute atomic E-state index is 0.0633. The number of ether oxygens (including phenoxy) is 1. The third-order valence-electron chi connectivity index (χ3n) is 3.13. The molecule has 5 nitrogen and oxygen atoms in total. The van der Waals surface area contributed by atoms with Crippen molar-refractivity contribution in [3.8, 4) is 17.9 Å². The number of halogens is 1. The Morgan fingerprint density at radius 2 is 1.92 bits per heavy atom. The predicted molar refractivity (Wildman–Crippen MR) is 91.4 cm³/mol. The second-order valence-corrected chi connectivity index (χ2v) is 5.11. The average molecular weight is 338 g/mol. The van der Waals surface area contributed by atoms with Crippen molar-refractivity contribution in [1.82, 2.24) is 0 Å². The van der Waals surface area contributed by atoms with Gasteiger partial charge in [-0.2, -0.15) is 10.5 Å². The van der Waals surface area contributed by atoms with Crippen LogP contribution < -0.4 is 10.1 Å². The van der Waals surface area contributed by atoms with Crippen LogP contribution in [0, 0.1) is 22.7 Å². The summed E-state index contributed by atoms with van der Waals surface area (Å²) in [7, 11) is 1.49. The number of nitrogens with zero attached hydrogens (tertiary/aromatic N) is 2. The monoisotopic (exact) mass is 337 g/mol. The van der Waals surface area contributed by atoms with Crippen LogP contribution in [0.2, 0.25) is 5.02 Å². The number of carbonyl (C=O) groups is 1. The van der Waals surface area contributed by atoms with Crippen LogP contribution in [-0.4, -0.2) is 13.0 Å². The molecule has 0 atom stereocenters. The third kappa shape index (κ3) is 4.13. The van der Waals surface area contributed by atoms with Crippen molar-refractivity contribution in [3.63, 3.8) is 0 Å². The maximum atomic E-state index is 12.2. The first-order valence-electron chi connectivity index (χ1n) is 6.84. The lowest BCUT2D eigenvalue weighted by Gasteiger charge is -2.07. The normalized spacial score (nSPS) is 10.4. The lowest BCUT2D eigenvalue weighted by molar-refractivity contribution is -0.112. The topological polar surface area (TPSA) is 85.9 Å². The van der Waals surface area contributed by atoms with Gasteiger partial charge in [-0.25, -0.2) is 0 Å². The number of rotatable bonds is 4. The second kappa shape index (κ2) is 7.82. The average Bonchev–Trinajstić information content (AvgIpc) is 2.60. The Labute approximate surface area is 144 Å². The van der Waals surface area contributed by atoms with E-state index >= 15 is 0 Å². The molecule has 1 N–H and O–H groups in total. The molecule has 118 valence electrons.